The zero-order valence-corrected chi connectivity index (χ0v) is 11.3. The Morgan fingerprint density at radius 3 is 2.89 bits per heavy atom. The van der Waals surface area contributed by atoms with Gasteiger partial charge in [0, 0.05) is 33.9 Å². The highest BCUT2D eigenvalue weighted by Crippen LogP contribution is 2.33. The molecule has 1 aromatic carbocycles. The van der Waals surface area contributed by atoms with Crippen LogP contribution in [0.2, 0.25) is 0 Å². The monoisotopic (exact) mass is 303 g/mol. The van der Waals surface area contributed by atoms with Crippen molar-refractivity contribution in [2.45, 2.75) is 0 Å². The van der Waals surface area contributed by atoms with E-state index in [9.17, 15) is 0 Å². The number of nitrogens with zero attached hydrogens (tertiary/aromatic N) is 1. The molecule has 18 heavy (non-hydrogen) atoms. The van der Waals surface area contributed by atoms with Crippen LogP contribution >= 0.6 is 15.9 Å². The van der Waals surface area contributed by atoms with E-state index in [0.29, 0.717) is 0 Å². The first kappa shape index (κ1) is 11.3. The number of aromatic nitrogens is 1. The quantitative estimate of drug-likeness (QED) is 0.709. The van der Waals surface area contributed by atoms with Gasteiger partial charge in [-0.15, -0.1) is 0 Å². The molecular weight excluding hydrogens is 294 g/mol. The van der Waals surface area contributed by atoms with E-state index < -0.39 is 0 Å². The maximum Gasteiger partial charge on any atom is 0.138 e. The molecule has 0 saturated heterocycles. The van der Waals surface area contributed by atoms with E-state index in [4.69, 9.17) is 9.15 Å². The Morgan fingerprint density at radius 1 is 1.22 bits per heavy atom. The zero-order chi connectivity index (χ0) is 12.5. The molecule has 0 saturated carbocycles. The Bertz CT molecular complexity index is 706. The maximum atomic E-state index is 5.84. The van der Waals surface area contributed by atoms with Gasteiger partial charge in [0.25, 0.3) is 0 Å². The first-order valence-corrected chi connectivity index (χ1v) is 6.25. The highest BCUT2D eigenvalue weighted by Gasteiger charge is 2.09. The molecule has 4 heteroatoms. The molecule has 2 heterocycles. The second-order valence-corrected chi connectivity index (χ2v) is 4.72. The van der Waals surface area contributed by atoms with Gasteiger partial charge in [0.1, 0.15) is 17.1 Å². The van der Waals surface area contributed by atoms with Gasteiger partial charge in [-0.3, -0.25) is 4.98 Å². The molecule has 2 aromatic heterocycles. The van der Waals surface area contributed by atoms with E-state index in [0.717, 1.165) is 32.5 Å². The average Bonchev–Trinajstić information content (AvgIpc) is 2.81. The van der Waals surface area contributed by atoms with Crippen molar-refractivity contribution in [3.8, 4) is 17.1 Å². The van der Waals surface area contributed by atoms with Gasteiger partial charge < -0.3 is 9.15 Å². The van der Waals surface area contributed by atoms with E-state index in [1.165, 1.54) is 0 Å². The van der Waals surface area contributed by atoms with Crippen LogP contribution in [0, 0.1) is 0 Å². The lowest BCUT2D eigenvalue weighted by atomic mass is 10.2. The Morgan fingerprint density at radius 2 is 2.11 bits per heavy atom. The van der Waals surface area contributed by atoms with Crippen molar-refractivity contribution in [2.24, 2.45) is 0 Å². The summed E-state index contributed by atoms with van der Waals surface area (Å²) in [5, 5.41) is 1.05. The molecule has 3 aromatic rings. The number of hydrogen-bond donors (Lipinski definition) is 0. The van der Waals surface area contributed by atoms with Crippen LogP contribution in [0.5, 0.6) is 5.75 Å². The van der Waals surface area contributed by atoms with Crippen LogP contribution in [-0.2, 0) is 0 Å². The molecule has 3 nitrogen and oxygen atoms in total. The molecule has 0 N–H and O–H groups in total. The van der Waals surface area contributed by atoms with E-state index in [-0.39, 0.29) is 0 Å². The smallest absolute Gasteiger partial charge is 0.138 e. The molecule has 0 aliphatic rings. The maximum absolute atomic E-state index is 5.84. The normalized spacial score (nSPS) is 10.8. The van der Waals surface area contributed by atoms with Gasteiger partial charge in [0.15, 0.2) is 0 Å². The fourth-order valence-electron chi connectivity index (χ4n) is 1.85. The minimum Gasteiger partial charge on any atom is -0.497 e. The van der Waals surface area contributed by atoms with Gasteiger partial charge in [-0.05, 0) is 40.2 Å². The second-order valence-electron chi connectivity index (χ2n) is 3.87. The van der Waals surface area contributed by atoms with Crippen LogP contribution in [0.1, 0.15) is 0 Å². The molecule has 0 amide bonds. The standard InChI is InChI=1S/C14H10BrNO2/c1-17-10-3-2-9-6-14(18-13(9)7-10)11-4-5-16-8-12(11)15/h2-8H,1H3. The lowest BCUT2D eigenvalue weighted by Crippen LogP contribution is -1.79. The van der Waals surface area contributed by atoms with Gasteiger partial charge in [0.05, 0.1) is 7.11 Å². The van der Waals surface area contributed by atoms with Crippen molar-refractivity contribution in [1.82, 2.24) is 4.98 Å². The molecule has 0 aliphatic carbocycles. The fraction of sp³-hybridized carbons (Fsp3) is 0.0714. The Balaban J connectivity index is 2.17. The predicted molar refractivity (Wildman–Crippen MR) is 73.7 cm³/mol. The van der Waals surface area contributed by atoms with Crippen molar-refractivity contribution in [2.75, 3.05) is 7.11 Å². The summed E-state index contributed by atoms with van der Waals surface area (Å²) in [5.41, 5.74) is 1.80. The number of fused-ring (bicyclic) bond motifs is 1. The highest BCUT2D eigenvalue weighted by atomic mass is 79.9. The molecule has 0 atom stereocenters. The molecule has 0 aliphatic heterocycles. The Labute approximate surface area is 113 Å². The Kier molecular flexibility index (Phi) is 2.80. The third-order valence-corrected chi connectivity index (χ3v) is 3.40. The zero-order valence-electron chi connectivity index (χ0n) is 9.68. The molecule has 3 rings (SSSR count). The summed E-state index contributed by atoms with van der Waals surface area (Å²) in [6.07, 6.45) is 3.50. The third-order valence-electron chi connectivity index (χ3n) is 2.77. The van der Waals surface area contributed by atoms with Gasteiger partial charge in [-0.2, -0.15) is 0 Å². The highest BCUT2D eigenvalue weighted by molar-refractivity contribution is 9.10. The van der Waals surface area contributed by atoms with Crippen LogP contribution in [0.4, 0.5) is 0 Å². The molecular formula is C14H10BrNO2. The topological polar surface area (TPSA) is 35.3 Å². The summed E-state index contributed by atoms with van der Waals surface area (Å²) >= 11 is 3.47. The third kappa shape index (κ3) is 1.88. The first-order valence-electron chi connectivity index (χ1n) is 5.45. The van der Waals surface area contributed by atoms with E-state index in [1.54, 1.807) is 19.5 Å². The van der Waals surface area contributed by atoms with Crippen molar-refractivity contribution < 1.29 is 9.15 Å². The fourth-order valence-corrected chi connectivity index (χ4v) is 2.29. The number of ether oxygens (including phenoxy) is 1. The first-order chi connectivity index (χ1) is 8.78. The Hall–Kier alpha value is -1.81. The van der Waals surface area contributed by atoms with Gasteiger partial charge >= 0.3 is 0 Å². The molecule has 0 fully saturated rings. The summed E-state index contributed by atoms with van der Waals surface area (Å²) in [7, 11) is 1.64. The van der Waals surface area contributed by atoms with Crippen LogP contribution in [0.3, 0.4) is 0 Å². The largest absolute Gasteiger partial charge is 0.497 e. The molecule has 0 bridgehead atoms. The van der Waals surface area contributed by atoms with Crippen molar-refractivity contribution in [1.29, 1.82) is 0 Å². The van der Waals surface area contributed by atoms with E-state index in [1.807, 2.05) is 30.3 Å². The molecule has 0 spiro atoms. The SMILES string of the molecule is COc1ccc2cc(-c3ccncc3Br)oc2c1. The van der Waals surface area contributed by atoms with Crippen molar-refractivity contribution >= 4 is 26.9 Å². The van der Waals surface area contributed by atoms with Crippen LogP contribution in [-0.4, -0.2) is 12.1 Å². The number of halogens is 1. The minimum atomic E-state index is 0.789. The van der Waals surface area contributed by atoms with Crippen molar-refractivity contribution in [3.63, 3.8) is 0 Å². The number of methoxy groups -OCH3 is 1. The summed E-state index contributed by atoms with van der Waals surface area (Å²) in [6.45, 7) is 0. The second kappa shape index (κ2) is 4.46. The number of hydrogen-bond acceptors (Lipinski definition) is 3. The summed E-state index contributed by atoms with van der Waals surface area (Å²) in [5.74, 6) is 1.60. The van der Waals surface area contributed by atoms with Crippen molar-refractivity contribution in [3.05, 3.63) is 47.2 Å². The van der Waals surface area contributed by atoms with E-state index >= 15 is 0 Å². The predicted octanol–water partition coefficient (Wildman–Crippen LogP) is 4.27. The molecule has 90 valence electrons. The number of furan rings is 1. The van der Waals surface area contributed by atoms with Crippen LogP contribution < -0.4 is 4.74 Å². The van der Waals surface area contributed by atoms with Gasteiger partial charge in [-0.25, -0.2) is 0 Å². The minimum absolute atomic E-state index is 0.789. The molecule has 0 unspecified atom stereocenters. The summed E-state index contributed by atoms with van der Waals surface area (Å²) < 4.78 is 11.9. The van der Waals surface area contributed by atoms with Crippen LogP contribution in [0.25, 0.3) is 22.3 Å². The number of rotatable bonds is 2. The lowest BCUT2D eigenvalue weighted by Gasteiger charge is -1.98. The van der Waals surface area contributed by atoms with Gasteiger partial charge in [0.2, 0.25) is 0 Å². The lowest BCUT2D eigenvalue weighted by molar-refractivity contribution is 0.414. The number of pyridine rings is 1. The summed E-state index contributed by atoms with van der Waals surface area (Å²) in [4.78, 5) is 4.04. The van der Waals surface area contributed by atoms with Crippen LogP contribution in [0.15, 0.2) is 51.6 Å². The number of benzene rings is 1. The van der Waals surface area contributed by atoms with E-state index in [2.05, 4.69) is 20.9 Å². The van der Waals surface area contributed by atoms with Gasteiger partial charge in [-0.1, -0.05) is 0 Å². The summed E-state index contributed by atoms with van der Waals surface area (Å²) in [6, 6.07) is 9.71. The average molecular weight is 304 g/mol. The molecule has 0 radical (unpaired) electrons.